The molecule has 1 aromatic carbocycles. The highest BCUT2D eigenvalue weighted by atomic mass is 32.3. The molecule has 0 saturated carbocycles. The minimum absolute atomic E-state index is 0.113. The van der Waals surface area contributed by atoms with E-state index in [1.54, 1.807) is 0 Å². The van der Waals surface area contributed by atoms with Gasteiger partial charge in [-0.3, -0.25) is 0 Å². The fourth-order valence-corrected chi connectivity index (χ4v) is 1.87. The maximum absolute atomic E-state index is 12.8. The molecule has 0 heterocycles. The van der Waals surface area contributed by atoms with Gasteiger partial charge in [-0.05, 0) is 30.2 Å². The molecule has 6 nitrogen and oxygen atoms in total. The third-order valence-electron chi connectivity index (χ3n) is 2.38. The van der Waals surface area contributed by atoms with Gasteiger partial charge in [-0.2, -0.15) is 8.42 Å². The van der Waals surface area contributed by atoms with Crippen LogP contribution in [0, 0.1) is 6.92 Å². The maximum atomic E-state index is 12.8. The second kappa shape index (κ2) is 5.59. The fourth-order valence-electron chi connectivity index (χ4n) is 1.54. The molecule has 0 aliphatic heterocycles. The van der Waals surface area contributed by atoms with Crippen LogP contribution < -0.4 is 9.65 Å². The van der Waals surface area contributed by atoms with Gasteiger partial charge in [0.25, 0.3) is 0 Å². The topological polar surface area (TPSA) is 92.1 Å². The molecule has 0 aliphatic carbocycles. The van der Waals surface area contributed by atoms with Gasteiger partial charge in [0.2, 0.25) is 0 Å². The van der Waals surface area contributed by atoms with Crippen molar-refractivity contribution >= 4 is 22.9 Å². The Morgan fingerprint density at radius 1 is 1.40 bits per heavy atom. The van der Waals surface area contributed by atoms with Crippen LogP contribution in [-0.2, 0) is 17.0 Å². The third-order valence-corrected chi connectivity index (χ3v) is 2.77. The van der Waals surface area contributed by atoms with Gasteiger partial charge in [0, 0.05) is 4.91 Å². The summed E-state index contributed by atoms with van der Waals surface area (Å²) in [6.45, 7) is -4.80. The number of azide groups is 1. The quantitative estimate of drug-likeness (QED) is 0.209. The highest BCUT2D eigenvalue weighted by Crippen LogP contribution is 2.23. The van der Waals surface area contributed by atoms with Crippen molar-refractivity contribution in [1.82, 2.24) is 0 Å². The van der Waals surface area contributed by atoms with Gasteiger partial charge in [0.1, 0.15) is 5.75 Å². The molecular weight excluding hydrogens is 305 g/mol. The Morgan fingerprint density at radius 3 is 2.45 bits per heavy atom. The molecule has 0 unspecified atom stereocenters. The first-order chi connectivity index (χ1) is 9.04. The summed E-state index contributed by atoms with van der Waals surface area (Å²) in [5.41, 5.74) is 6.66. The Kier molecular flexibility index (Phi) is 4.51. The van der Waals surface area contributed by atoms with E-state index in [-0.39, 0.29) is 11.1 Å². The lowest BCUT2D eigenvalue weighted by atomic mass is 9.75. The van der Waals surface area contributed by atoms with E-state index in [1.165, 1.54) is 0 Å². The first kappa shape index (κ1) is 16.1. The van der Waals surface area contributed by atoms with Crippen molar-refractivity contribution in [3.8, 4) is 5.75 Å². The molecule has 1 rings (SSSR count). The molecule has 20 heavy (non-hydrogen) atoms. The summed E-state index contributed by atoms with van der Waals surface area (Å²) in [6.07, 6.45) is 0. The highest BCUT2D eigenvalue weighted by molar-refractivity contribution is 7.81. The summed E-state index contributed by atoms with van der Waals surface area (Å²) in [5.74, 6) is -0.838. The summed E-state index contributed by atoms with van der Waals surface area (Å²) in [5, 5.41) is 3.09. The Bertz CT molecular complexity index is 670. The van der Waals surface area contributed by atoms with Crippen LogP contribution in [0.1, 0.15) is 11.1 Å². The van der Waals surface area contributed by atoms with Crippen molar-refractivity contribution in [1.29, 1.82) is 0 Å². The Labute approximate surface area is 111 Å². The summed E-state index contributed by atoms with van der Waals surface area (Å²) in [7, 11) is -5.45. The highest BCUT2D eigenvalue weighted by Gasteiger charge is 2.29. The van der Waals surface area contributed by atoms with Crippen LogP contribution in [-0.4, -0.2) is 15.4 Å². The number of hydrogen-bond acceptors (Lipinski definition) is 4. The molecule has 0 amide bonds. The average molecular weight is 312 g/mol. The van der Waals surface area contributed by atoms with Gasteiger partial charge < -0.3 is 17.1 Å². The number of hydrogen-bond donors (Lipinski definition) is 0. The second-order valence-corrected chi connectivity index (χ2v) is 4.69. The summed E-state index contributed by atoms with van der Waals surface area (Å²) >= 11 is 0. The normalized spacial score (nSPS) is 11.8. The zero-order valence-electron chi connectivity index (χ0n) is 9.93. The Morgan fingerprint density at radius 2 is 2.00 bits per heavy atom. The lowest BCUT2D eigenvalue weighted by molar-refractivity contribution is 0.439. The molecule has 0 N–H and O–H groups in total. The smallest absolute Gasteiger partial charge is 0.445 e. The molecule has 0 aliphatic rings. The van der Waals surface area contributed by atoms with E-state index in [4.69, 9.17) is 5.53 Å². The molecule has 0 aromatic heterocycles. The SMILES string of the molecule is Cc1c(CN=[N+]=[N-])cc(OS(=O)(=O)F)cc1[B-](F)(F)F. The maximum Gasteiger partial charge on any atom is 0.510 e. The van der Waals surface area contributed by atoms with Gasteiger partial charge in [-0.15, -0.1) is 5.46 Å². The lowest BCUT2D eigenvalue weighted by Crippen LogP contribution is -2.37. The van der Waals surface area contributed by atoms with Crippen molar-refractivity contribution in [2.45, 2.75) is 13.5 Å². The zero-order chi connectivity index (χ0) is 15.6. The van der Waals surface area contributed by atoms with Crippen LogP contribution in [0.4, 0.5) is 16.8 Å². The summed E-state index contributed by atoms with van der Waals surface area (Å²) in [4.78, 5) is 2.38. The lowest BCUT2D eigenvalue weighted by Gasteiger charge is -2.21. The predicted octanol–water partition coefficient (Wildman–Crippen LogP) is 2.45. The molecule has 110 valence electrons. The molecule has 0 bridgehead atoms. The van der Waals surface area contributed by atoms with E-state index in [9.17, 15) is 25.3 Å². The van der Waals surface area contributed by atoms with Crippen molar-refractivity contribution in [2.75, 3.05) is 0 Å². The Hall–Kier alpha value is -1.94. The zero-order valence-corrected chi connectivity index (χ0v) is 10.7. The minimum atomic E-state index is -5.47. The monoisotopic (exact) mass is 312 g/mol. The molecule has 12 heteroatoms. The molecular formula is C8H7BF4N3O3S-. The molecule has 0 fully saturated rings. The summed E-state index contributed by atoms with van der Waals surface area (Å²) < 4.78 is 75.3. The van der Waals surface area contributed by atoms with E-state index in [0.29, 0.717) is 6.07 Å². The van der Waals surface area contributed by atoms with Gasteiger partial charge in [-0.25, -0.2) is 0 Å². The number of rotatable bonds is 5. The van der Waals surface area contributed by atoms with Crippen LogP contribution in [0.25, 0.3) is 10.4 Å². The number of nitrogens with zero attached hydrogens (tertiary/aromatic N) is 3. The van der Waals surface area contributed by atoms with Crippen molar-refractivity contribution in [3.05, 3.63) is 33.7 Å². The van der Waals surface area contributed by atoms with E-state index in [0.717, 1.165) is 13.0 Å². The van der Waals surface area contributed by atoms with Crippen LogP contribution >= 0.6 is 0 Å². The average Bonchev–Trinajstić information content (AvgIpc) is 2.26. The van der Waals surface area contributed by atoms with Crippen LogP contribution in [0.5, 0.6) is 5.75 Å². The first-order valence-electron chi connectivity index (χ1n) is 5.03. The predicted molar refractivity (Wildman–Crippen MR) is 63.4 cm³/mol. The molecule has 0 spiro atoms. The largest absolute Gasteiger partial charge is 0.510 e. The van der Waals surface area contributed by atoms with Crippen LogP contribution in [0.3, 0.4) is 0 Å². The molecule has 0 radical (unpaired) electrons. The molecule has 0 saturated heterocycles. The first-order valence-corrected chi connectivity index (χ1v) is 6.33. The van der Waals surface area contributed by atoms with Crippen LogP contribution in [0.2, 0.25) is 0 Å². The Balaban J connectivity index is 3.44. The summed E-state index contributed by atoms with van der Waals surface area (Å²) in [6, 6.07) is 1.25. The standard InChI is InChI=1S/C8H7BF4N3O3S/c1-5-6(4-15-16-14)2-7(19-20(13,17)18)3-8(5)9(10,11)12/h2-3H,4H2,1H3/q-1. The molecule has 0 atom stereocenters. The third kappa shape index (κ3) is 4.32. The van der Waals surface area contributed by atoms with Gasteiger partial charge in [0.15, 0.2) is 0 Å². The van der Waals surface area contributed by atoms with E-state index in [2.05, 4.69) is 14.2 Å². The van der Waals surface area contributed by atoms with E-state index >= 15 is 0 Å². The number of halogens is 4. The second-order valence-electron chi connectivity index (χ2n) is 3.74. The van der Waals surface area contributed by atoms with Gasteiger partial charge in [0.05, 0.1) is 6.54 Å². The minimum Gasteiger partial charge on any atom is -0.445 e. The number of benzene rings is 1. The van der Waals surface area contributed by atoms with Crippen molar-refractivity contribution in [3.63, 3.8) is 0 Å². The molecule has 1 aromatic rings. The van der Waals surface area contributed by atoms with E-state index in [1.807, 2.05) is 0 Å². The van der Waals surface area contributed by atoms with Crippen molar-refractivity contribution in [2.24, 2.45) is 5.11 Å². The van der Waals surface area contributed by atoms with Gasteiger partial charge >= 0.3 is 17.5 Å². The van der Waals surface area contributed by atoms with Crippen molar-refractivity contribution < 1.29 is 29.4 Å². The van der Waals surface area contributed by atoms with Crippen LogP contribution in [0.15, 0.2) is 17.2 Å². The van der Waals surface area contributed by atoms with E-state index < -0.39 is 35.2 Å². The fraction of sp³-hybridized carbons (Fsp3) is 0.250. The van der Waals surface area contributed by atoms with Gasteiger partial charge in [-0.1, -0.05) is 14.6 Å².